The number of nitriles is 1. The molecule has 0 aromatic carbocycles. The maximum absolute atomic E-state index is 11.6. The van der Waals surface area contributed by atoms with Gasteiger partial charge in [0.05, 0.1) is 42.0 Å². The van der Waals surface area contributed by atoms with Gasteiger partial charge in [-0.25, -0.2) is 14.8 Å². The molecule has 1 atom stereocenters. The third-order valence-electron chi connectivity index (χ3n) is 8.39. The number of aromatic nitrogens is 2. The number of unbranched alkanes of at least 4 members (excludes halogenated alkanes) is 1. The van der Waals surface area contributed by atoms with Crippen LogP contribution in [0.25, 0.3) is 11.3 Å². The standard InChI is InChI=1S/C33H48ClN7O4/c1-3-4-15-45-32(42)36-14-18-44-21-24(2)39-25-8-10-26(11-9-25)40-31-19-27(28(34)20-37-31)29-6-5-7-30(41-29)38-23-33(22-35)12-16-43-17-13-33/h5-7,19-20,24-26,39H,3-4,8-18,21,23H2,1-2H3,(H,36,42)(H,37,40)(H,38,41). The number of ether oxygens (including phenoxy) is 3. The van der Waals surface area contributed by atoms with E-state index in [0.29, 0.717) is 81.9 Å². The van der Waals surface area contributed by atoms with Crippen molar-refractivity contribution in [3.8, 4) is 17.3 Å². The Bertz CT molecular complexity index is 1250. The molecule has 4 N–H and O–H groups in total. The molecular weight excluding hydrogens is 594 g/mol. The average molecular weight is 642 g/mol. The number of hydrogen-bond donors (Lipinski definition) is 4. The molecule has 1 saturated carbocycles. The van der Waals surface area contributed by atoms with E-state index in [1.807, 2.05) is 24.3 Å². The highest BCUT2D eigenvalue weighted by Crippen LogP contribution is 2.32. The Morgan fingerprint density at radius 2 is 1.96 bits per heavy atom. The molecule has 4 rings (SSSR count). The van der Waals surface area contributed by atoms with Crippen LogP contribution in [0.2, 0.25) is 5.02 Å². The van der Waals surface area contributed by atoms with Gasteiger partial charge in [0.25, 0.3) is 0 Å². The van der Waals surface area contributed by atoms with Crippen molar-refractivity contribution in [1.82, 2.24) is 20.6 Å². The van der Waals surface area contributed by atoms with Crippen molar-refractivity contribution >= 4 is 29.3 Å². The lowest BCUT2D eigenvalue weighted by Gasteiger charge is -2.32. The number of alkyl carbamates (subject to hydrolysis) is 1. The van der Waals surface area contributed by atoms with E-state index in [-0.39, 0.29) is 12.1 Å². The van der Waals surface area contributed by atoms with Crippen LogP contribution in [0.3, 0.4) is 0 Å². The van der Waals surface area contributed by atoms with Crippen molar-refractivity contribution in [2.45, 2.75) is 83.3 Å². The number of hydrogen-bond acceptors (Lipinski definition) is 10. The third kappa shape index (κ3) is 11.3. The van der Waals surface area contributed by atoms with Crippen molar-refractivity contribution in [2.75, 3.05) is 56.8 Å². The van der Waals surface area contributed by atoms with E-state index in [0.717, 1.165) is 55.6 Å². The molecule has 2 aromatic rings. The number of nitrogens with one attached hydrogen (secondary N) is 4. The molecule has 0 radical (unpaired) electrons. The molecular formula is C33H48ClN7O4. The molecule has 246 valence electrons. The van der Waals surface area contributed by atoms with Gasteiger partial charge in [-0.05, 0) is 70.1 Å². The van der Waals surface area contributed by atoms with Crippen LogP contribution in [0, 0.1) is 16.7 Å². The van der Waals surface area contributed by atoms with Gasteiger partial charge in [0.15, 0.2) is 0 Å². The summed E-state index contributed by atoms with van der Waals surface area (Å²) in [7, 11) is 0. The first-order valence-electron chi connectivity index (χ1n) is 16.3. The van der Waals surface area contributed by atoms with Crippen LogP contribution >= 0.6 is 11.6 Å². The number of nitrogens with zero attached hydrogens (tertiary/aromatic N) is 3. The fraction of sp³-hybridized carbons (Fsp3) is 0.636. The summed E-state index contributed by atoms with van der Waals surface area (Å²) in [6, 6.07) is 11.2. The Kier molecular flexibility index (Phi) is 14.0. The van der Waals surface area contributed by atoms with E-state index in [9.17, 15) is 10.1 Å². The Labute approximate surface area is 272 Å². The molecule has 1 aliphatic carbocycles. The van der Waals surface area contributed by atoms with Gasteiger partial charge in [0.1, 0.15) is 11.6 Å². The lowest BCUT2D eigenvalue weighted by atomic mass is 9.82. The molecule has 1 amide bonds. The largest absolute Gasteiger partial charge is 0.450 e. The highest BCUT2D eigenvalue weighted by Gasteiger charge is 2.32. The molecule has 2 fully saturated rings. The van der Waals surface area contributed by atoms with Gasteiger partial charge < -0.3 is 35.5 Å². The predicted octanol–water partition coefficient (Wildman–Crippen LogP) is 5.77. The van der Waals surface area contributed by atoms with Crippen molar-refractivity contribution in [3.05, 3.63) is 35.5 Å². The minimum absolute atomic E-state index is 0.219. The normalized spacial score (nSPS) is 20.0. The molecule has 1 aliphatic heterocycles. The molecule has 45 heavy (non-hydrogen) atoms. The zero-order valence-electron chi connectivity index (χ0n) is 26.6. The summed E-state index contributed by atoms with van der Waals surface area (Å²) in [5.41, 5.74) is 1.12. The van der Waals surface area contributed by atoms with Crippen LogP contribution < -0.4 is 21.3 Å². The summed E-state index contributed by atoms with van der Waals surface area (Å²) in [6.07, 6.45) is 8.75. The number of rotatable bonds is 16. The Hall–Kier alpha value is -3.17. The fourth-order valence-corrected chi connectivity index (χ4v) is 5.86. The maximum atomic E-state index is 11.6. The first-order chi connectivity index (χ1) is 21.9. The van der Waals surface area contributed by atoms with Crippen molar-refractivity contribution in [2.24, 2.45) is 5.41 Å². The van der Waals surface area contributed by atoms with Crippen LogP contribution in [0.15, 0.2) is 30.5 Å². The molecule has 3 heterocycles. The molecule has 12 heteroatoms. The average Bonchev–Trinajstić information content (AvgIpc) is 3.06. The van der Waals surface area contributed by atoms with Crippen LogP contribution in [0.4, 0.5) is 16.4 Å². The van der Waals surface area contributed by atoms with Crippen LogP contribution in [-0.4, -0.2) is 80.3 Å². The molecule has 0 bridgehead atoms. The molecule has 2 aliphatic rings. The van der Waals surface area contributed by atoms with Gasteiger partial charge >= 0.3 is 6.09 Å². The molecule has 2 aromatic heterocycles. The van der Waals surface area contributed by atoms with Gasteiger partial charge in [-0.2, -0.15) is 5.26 Å². The monoisotopic (exact) mass is 641 g/mol. The minimum atomic E-state index is -0.439. The molecule has 0 spiro atoms. The number of carbonyl (C=O) groups excluding carboxylic acids is 1. The van der Waals surface area contributed by atoms with Gasteiger partial charge in [0.2, 0.25) is 0 Å². The second-order valence-corrected chi connectivity index (χ2v) is 12.5. The molecule has 1 saturated heterocycles. The van der Waals surface area contributed by atoms with E-state index in [4.69, 9.17) is 30.8 Å². The quantitative estimate of drug-likeness (QED) is 0.167. The van der Waals surface area contributed by atoms with Gasteiger partial charge in [-0.1, -0.05) is 31.0 Å². The maximum Gasteiger partial charge on any atom is 0.407 e. The van der Waals surface area contributed by atoms with Gasteiger partial charge in [-0.15, -0.1) is 0 Å². The van der Waals surface area contributed by atoms with E-state index < -0.39 is 5.41 Å². The van der Waals surface area contributed by atoms with Crippen LogP contribution in [0.5, 0.6) is 0 Å². The van der Waals surface area contributed by atoms with Crippen molar-refractivity contribution in [1.29, 1.82) is 5.26 Å². The van der Waals surface area contributed by atoms with E-state index in [2.05, 4.69) is 46.2 Å². The summed E-state index contributed by atoms with van der Waals surface area (Å²) in [5.74, 6) is 1.49. The molecule has 1 unspecified atom stereocenters. The minimum Gasteiger partial charge on any atom is -0.450 e. The Morgan fingerprint density at radius 1 is 1.18 bits per heavy atom. The number of amides is 1. The number of carbonyl (C=O) groups is 1. The Morgan fingerprint density at radius 3 is 2.71 bits per heavy atom. The second kappa shape index (κ2) is 18.1. The zero-order valence-corrected chi connectivity index (χ0v) is 27.3. The first-order valence-corrected chi connectivity index (χ1v) is 16.6. The first kappa shape index (κ1) is 34.7. The lowest BCUT2D eigenvalue weighted by Crippen LogP contribution is -2.43. The summed E-state index contributed by atoms with van der Waals surface area (Å²) in [5, 5.41) is 23.7. The summed E-state index contributed by atoms with van der Waals surface area (Å²) < 4.78 is 16.3. The zero-order chi connectivity index (χ0) is 31.9. The summed E-state index contributed by atoms with van der Waals surface area (Å²) in [6.45, 7) is 7.85. The van der Waals surface area contributed by atoms with E-state index in [1.54, 1.807) is 6.20 Å². The number of anilines is 2. The predicted molar refractivity (Wildman–Crippen MR) is 176 cm³/mol. The van der Waals surface area contributed by atoms with E-state index in [1.165, 1.54) is 0 Å². The van der Waals surface area contributed by atoms with Crippen molar-refractivity contribution in [3.63, 3.8) is 0 Å². The van der Waals surface area contributed by atoms with Crippen molar-refractivity contribution < 1.29 is 19.0 Å². The fourth-order valence-electron chi connectivity index (χ4n) is 5.66. The number of pyridine rings is 2. The van der Waals surface area contributed by atoms with E-state index >= 15 is 0 Å². The van der Waals surface area contributed by atoms with Crippen LogP contribution in [-0.2, 0) is 14.2 Å². The molecule has 11 nitrogen and oxygen atoms in total. The highest BCUT2D eigenvalue weighted by molar-refractivity contribution is 6.33. The van der Waals surface area contributed by atoms with Gasteiger partial charge in [0, 0.05) is 56.2 Å². The highest BCUT2D eigenvalue weighted by atomic mass is 35.5. The van der Waals surface area contributed by atoms with Gasteiger partial charge in [-0.3, -0.25) is 0 Å². The van der Waals surface area contributed by atoms with Crippen LogP contribution in [0.1, 0.15) is 65.2 Å². The summed E-state index contributed by atoms with van der Waals surface area (Å²) >= 11 is 6.58. The number of halogens is 1. The Balaban J connectivity index is 1.19. The topological polar surface area (TPSA) is 142 Å². The third-order valence-corrected chi connectivity index (χ3v) is 8.69. The summed E-state index contributed by atoms with van der Waals surface area (Å²) in [4.78, 5) is 20.9. The lowest BCUT2D eigenvalue weighted by molar-refractivity contribution is 0.0455. The smallest absolute Gasteiger partial charge is 0.407 e. The SMILES string of the molecule is CCCCOC(=O)NCCOCC(C)NC1CCC(Nc2cc(-c3cccc(NCC4(C#N)CCOCC4)n3)c(Cl)cn2)CC1. The second-order valence-electron chi connectivity index (χ2n) is 12.1.